The van der Waals surface area contributed by atoms with Gasteiger partial charge in [-0.15, -0.1) is 0 Å². The Hall–Kier alpha value is -2.62. The molecule has 11 heteroatoms. The minimum atomic E-state index is -4.39. The second kappa shape index (κ2) is 9.54. The van der Waals surface area contributed by atoms with Gasteiger partial charge in [0.05, 0.1) is 24.5 Å². The fourth-order valence-corrected chi connectivity index (χ4v) is 2.65. The van der Waals surface area contributed by atoms with Crippen LogP contribution in [0.1, 0.15) is 26.2 Å². The highest BCUT2D eigenvalue weighted by atomic mass is 35.5. The average Bonchev–Trinajstić information content (AvgIpc) is 3.02. The summed E-state index contributed by atoms with van der Waals surface area (Å²) in [5, 5.41) is 6.59. The number of pyridine rings is 1. The Balaban J connectivity index is 1.95. The summed E-state index contributed by atoms with van der Waals surface area (Å²) in [5.41, 5.74) is 1.05. The van der Waals surface area contributed by atoms with Crippen LogP contribution in [0.25, 0.3) is 5.69 Å². The fourth-order valence-electron chi connectivity index (χ4n) is 2.41. The maximum absolute atomic E-state index is 12.5. The first-order chi connectivity index (χ1) is 13.2. The molecule has 28 heavy (non-hydrogen) atoms. The van der Waals surface area contributed by atoms with Crippen LogP contribution in [0.4, 0.5) is 18.9 Å². The Labute approximate surface area is 164 Å². The number of hydrogen-bond donors (Lipinski definition) is 1. The molecule has 0 saturated heterocycles. The smallest absolute Gasteiger partial charge is 0.356 e. The van der Waals surface area contributed by atoms with Crippen molar-refractivity contribution in [2.75, 3.05) is 18.0 Å². The van der Waals surface area contributed by atoms with Crippen LogP contribution < -0.4 is 10.2 Å². The average molecular weight is 418 g/mol. The number of carbonyl (C=O) groups is 2. The lowest BCUT2D eigenvalue weighted by molar-refractivity contribution is -0.144. The van der Waals surface area contributed by atoms with Crippen LogP contribution >= 0.6 is 11.6 Å². The monoisotopic (exact) mass is 417 g/mol. The molecule has 0 bridgehead atoms. The van der Waals surface area contributed by atoms with Gasteiger partial charge in [0.25, 0.3) is 0 Å². The molecule has 0 aliphatic carbocycles. The van der Waals surface area contributed by atoms with Crippen molar-refractivity contribution in [1.82, 2.24) is 20.1 Å². The van der Waals surface area contributed by atoms with Crippen LogP contribution in [0.2, 0.25) is 5.15 Å². The van der Waals surface area contributed by atoms with Crippen molar-refractivity contribution in [2.45, 2.75) is 32.4 Å². The van der Waals surface area contributed by atoms with Gasteiger partial charge in [0, 0.05) is 32.1 Å². The molecule has 2 aromatic heterocycles. The molecular weight excluding hydrogens is 399 g/mol. The molecule has 2 heterocycles. The van der Waals surface area contributed by atoms with Crippen molar-refractivity contribution in [2.24, 2.45) is 0 Å². The summed E-state index contributed by atoms with van der Waals surface area (Å²) in [5.74, 6) is -1.10. The highest BCUT2D eigenvalue weighted by Gasteiger charge is 2.28. The molecule has 0 saturated carbocycles. The molecule has 2 amide bonds. The van der Waals surface area contributed by atoms with E-state index in [-0.39, 0.29) is 24.0 Å². The number of aromatic nitrogens is 3. The Morgan fingerprint density at radius 2 is 2.07 bits per heavy atom. The van der Waals surface area contributed by atoms with E-state index >= 15 is 0 Å². The normalized spacial score (nSPS) is 11.3. The van der Waals surface area contributed by atoms with Gasteiger partial charge < -0.3 is 10.2 Å². The molecule has 0 aromatic carbocycles. The quantitative estimate of drug-likeness (QED) is 0.715. The highest BCUT2D eigenvalue weighted by molar-refractivity contribution is 6.32. The summed E-state index contributed by atoms with van der Waals surface area (Å²) >= 11 is 6.16. The number of alkyl halides is 3. The zero-order valence-electron chi connectivity index (χ0n) is 15.0. The first-order valence-corrected chi connectivity index (χ1v) is 8.88. The number of nitrogens with one attached hydrogen (secondary N) is 1. The van der Waals surface area contributed by atoms with Gasteiger partial charge in [0.15, 0.2) is 5.15 Å². The highest BCUT2D eigenvalue weighted by Crippen LogP contribution is 2.26. The van der Waals surface area contributed by atoms with E-state index in [2.05, 4.69) is 15.4 Å². The fraction of sp³-hybridized carbons (Fsp3) is 0.412. The summed E-state index contributed by atoms with van der Waals surface area (Å²) in [7, 11) is 0. The van der Waals surface area contributed by atoms with Crippen molar-refractivity contribution < 1.29 is 22.8 Å². The van der Waals surface area contributed by atoms with E-state index in [1.165, 1.54) is 9.58 Å². The van der Waals surface area contributed by atoms with Crippen molar-refractivity contribution >= 4 is 29.1 Å². The van der Waals surface area contributed by atoms with E-state index in [4.69, 9.17) is 11.6 Å². The van der Waals surface area contributed by atoms with Crippen LogP contribution in [0.15, 0.2) is 30.7 Å². The van der Waals surface area contributed by atoms with Gasteiger partial charge in [-0.2, -0.15) is 18.3 Å². The Kier molecular flexibility index (Phi) is 7.38. The number of rotatable bonds is 8. The van der Waals surface area contributed by atoms with Gasteiger partial charge in [-0.25, -0.2) is 4.68 Å². The lowest BCUT2D eigenvalue weighted by Gasteiger charge is -2.19. The Morgan fingerprint density at radius 3 is 2.68 bits per heavy atom. The number of anilines is 1. The van der Waals surface area contributed by atoms with Crippen molar-refractivity contribution in [3.63, 3.8) is 0 Å². The molecule has 2 aromatic rings. The van der Waals surface area contributed by atoms with Gasteiger partial charge in [0.2, 0.25) is 11.8 Å². The summed E-state index contributed by atoms with van der Waals surface area (Å²) in [6.45, 7) is 1.98. The number of halogens is 4. The van der Waals surface area contributed by atoms with E-state index in [1.54, 1.807) is 37.6 Å². The van der Waals surface area contributed by atoms with Crippen LogP contribution in [-0.2, 0) is 9.59 Å². The number of amides is 2. The van der Waals surface area contributed by atoms with Crippen LogP contribution in [-0.4, -0.2) is 45.8 Å². The molecule has 0 aliphatic heterocycles. The molecule has 2 rings (SSSR count). The predicted molar refractivity (Wildman–Crippen MR) is 97.3 cm³/mol. The van der Waals surface area contributed by atoms with Gasteiger partial charge in [-0.3, -0.25) is 14.6 Å². The molecule has 0 fully saturated rings. The SMILES string of the molecule is CCN(C(=O)CCNC(=O)CCC(F)(F)F)c1cn(-c2cccnc2)nc1Cl. The van der Waals surface area contributed by atoms with E-state index in [0.29, 0.717) is 17.9 Å². The minimum Gasteiger partial charge on any atom is -0.356 e. The van der Waals surface area contributed by atoms with Crippen molar-refractivity contribution in [3.8, 4) is 5.69 Å². The Morgan fingerprint density at radius 1 is 1.32 bits per heavy atom. The van der Waals surface area contributed by atoms with Gasteiger partial charge in [0.1, 0.15) is 5.69 Å². The summed E-state index contributed by atoms with van der Waals surface area (Å²) in [4.78, 5) is 29.3. The zero-order chi connectivity index (χ0) is 20.7. The molecule has 0 spiro atoms. The third kappa shape index (κ3) is 6.22. The summed E-state index contributed by atoms with van der Waals surface area (Å²) in [6.07, 6.45) is -1.56. The zero-order valence-corrected chi connectivity index (χ0v) is 15.8. The molecule has 0 unspecified atom stereocenters. The molecule has 0 atom stereocenters. The third-order valence-electron chi connectivity index (χ3n) is 3.77. The molecule has 7 nitrogen and oxygen atoms in total. The van der Waals surface area contributed by atoms with E-state index < -0.39 is 24.9 Å². The topological polar surface area (TPSA) is 80.1 Å². The lowest BCUT2D eigenvalue weighted by Crippen LogP contribution is -2.34. The summed E-state index contributed by atoms with van der Waals surface area (Å²) < 4.78 is 37.8. The number of carbonyl (C=O) groups excluding carboxylic acids is 2. The Bertz CT molecular complexity index is 811. The van der Waals surface area contributed by atoms with Gasteiger partial charge in [-0.1, -0.05) is 11.6 Å². The lowest BCUT2D eigenvalue weighted by atomic mass is 10.2. The maximum Gasteiger partial charge on any atom is 0.389 e. The molecule has 1 N–H and O–H groups in total. The maximum atomic E-state index is 12.5. The van der Waals surface area contributed by atoms with Crippen LogP contribution in [0.3, 0.4) is 0 Å². The predicted octanol–water partition coefficient (Wildman–Crippen LogP) is 3.12. The third-order valence-corrected chi connectivity index (χ3v) is 4.04. The standard InChI is InChI=1S/C17H19ClF3N5O2/c1-2-25(15(28)6-9-23-14(27)5-7-17(19,20)21)13-11-26(24-16(13)18)12-4-3-8-22-10-12/h3-4,8,10-11H,2,5-7,9H2,1H3,(H,23,27). The first kappa shape index (κ1) is 21.7. The molecule has 152 valence electrons. The second-order valence-electron chi connectivity index (χ2n) is 5.81. The van der Waals surface area contributed by atoms with Gasteiger partial charge >= 0.3 is 6.18 Å². The van der Waals surface area contributed by atoms with Crippen LogP contribution in [0.5, 0.6) is 0 Å². The molecule has 0 radical (unpaired) electrons. The van der Waals surface area contributed by atoms with Gasteiger partial charge in [-0.05, 0) is 19.1 Å². The van der Waals surface area contributed by atoms with E-state index in [9.17, 15) is 22.8 Å². The van der Waals surface area contributed by atoms with Crippen molar-refractivity contribution in [3.05, 3.63) is 35.9 Å². The van der Waals surface area contributed by atoms with E-state index in [0.717, 1.165) is 0 Å². The minimum absolute atomic E-state index is 0.0691. The van der Waals surface area contributed by atoms with Crippen LogP contribution in [0, 0.1) is 0 Å². The second-order valence-corrected chi connectivity index (χ2v) is 6.17. The van der Waals surface area contributed by atoms with E-state index in [1.807, 2.05) is 0 Å². The summed E-state index contributed by atoms with van der Waals surface area (Å²) in [6, 6.07) is 3.50. The molecule has 0 aliphatic rings. The molecular formula is C17H19ClF3N5O2. The van der Waals surface area contributed by atoms with Crippen molar-refractivity contribution in [1.29, 1.82) is 0 Å². The first-order valence-electron chi connectivity index (χ1n) is 8.50. The number of nitrogens with zero attached hydrogens (tertiary/aromatic N) is 4. The number of hydrogen-bond acceptors (Lipinski definition) is 4. The largest absolute Gasteiger partial charge is 0.389 e.